The van der Waals surface area contributed by atoms with E-state index in [-0.39, 0.29) is 0 Å². The summed E-state index contributed by atoms with van der Waals surface area (Å²) in [5, 5.41) is 12.0. The van der Waals surface area contributed by atoms with Crippen molar-refractivity contribution in [3.8, 4) is 0 Å². The molecule has 2 aromatic heterocycles. The van der Waals surface area contributed by atoms with Gasteiger partial charge in [0.15, 0.2) is 0 Å². The van der Waals surface area contributed by atoms with E-state index in [0.29, 0.717) is 25.7 Å². The van der Waals surface area contributed by atoms with E-state index >= 15 is 0 Å². The Kier molecular flexibility index (Phi) is 5.25. The van der Waals surface area contributed by atoms with Crippen LogP contribution in [0.1, 0.15) is 31.4 Å². The van der Waals surface area contributed by atoms with Gasteiger partial charge >= 0.3 is 0 Å². The largest absolute Gasteiger partial charge is 0.383 e. The zero-order valence-corrected chi connectivity index (χ0v) is 12.3. The van der Waals surface area contributed by atoms with Crippen molar-refractivity contribution in [1.82, 2.24) is 29.9 Å². The van der Waals surface area contributed by atoms with Crippen LogP contribution >= 0.6 is 0 Å². The summed E-state index contributed by atoms with van der Waals surface area (Å²) in [6.45, 7) is 7.02. The zero-order chi connectivity index (χ0) is 14.4. The van der Waals surface area contributed by atoms with Crippen LogP contribution in [-0.4, -0.2) is 44.8 Å². The minimum Gasteiger partial charge on any atom is -0.383 e. The molecule has 0 aliphatic rings. The summed E-state index contributed by atoms with van der Waals surface area (Å²) in [5.74, 6) is 0.903. The first-order valence-electron chi connectivity index (χ1n) is 6.81. The molecule has 0 saturated heterocycles. The number of methoxy groups -OCH3 is 1. The molecule has 20 heavy (non-hydrogen) atoms. The van der Waals surface area contributed by atoms with Crippen molar-refractivity contribution in [3.63, 3.8) is 0 Å². The van der Waals surface area contributed by atoms with Gasteiger partial charge in [-0.05, 0) is 19.9 Å². The number of nitrogens with zero attached hydrogens (tertiary/aromatic N) is 5. The second kappa shape index (κ2) is 7.16. The number of hydrogen-bond acceptors (Lipinski definition) is 5. The van der Waals surface area contributed by atoms with E-state index in [4.69, 9.17) is 4.74 Å². The van der Waals surface area contributed by atoms with Gasteiger partial charge in [-0.3, -0.25) is 4.68 Å². The van der Waals surface area contributed by atoms with Crippen molar-refractivity contribution in [3.05, 3.63) is 30.1 Å². The van der Waals surface area contributed by atoms with Crippen LogP contribution in [0.2, 0.25) is 0 Å². The average molecular weight is 278 g/mol. The molecule has 0 aliphatic carbocycles. The van der Waals surface area contributed by atoms with Gasteiger partial charge in [-0.2, -0.15) is 10.2 Å². The van der Waals surface area contributed by atoms with E-state index in [1.165, 1.54) is 0 Å². The van der Waals surface area contributed by atoms with Crippen LogP contribution in [0.3, 0.4) is 0 Å². The molecule has 0 unspecified atom stereocenters. The minimum atomic E-state index is 0.370. The minimum absolute atomic E-state index is 0.370. The van der Waals surface area contributed by atoms with Gasteiger partial charge in [-0.1, -0.05) is 0 Å². The summed E-state index contributed by atoms with van der Waals surface area (Å²) in [6, 6.07) is 2.39. The van der Waals surface area contributed by atoms with Crippen LogP contribution in [-0.2, 0) is 17.8 Å². The predicted octanol–water partition coefficient (Wildman–Crippen LogP) is 0.840. The van der Waals surface area contributed by atoms with Crippen LogP contribution in [0.4, 0.5) is 0 Å². The van der Waals surface area contributed by atoms with Gasteiger partial charge in [0.2, 0.25) is 0 Å². The fourth-order valence-electron chi connectivity index (χ4n) is 1.83. The van der Waals surface area contributed by atoms with Crippen LogP contribution in [0.5, 0.6) is 0 Å². The second-order valence-corrected chi connectivity index (χ2v) is 4.88. The highest BCUT2D eigenvalue weighted by Gasteiger charge is 2.07. The first-order valence-corrected chi connectivity index (χ1v) is 6.81. The molecule has 2 aromatic rings. The SMILES string of the molecule is COCCNCc1ncnn1Cc1ccn(C(C)C)n1. The molecule has 0 saturated carbocycles. The molecule has 0 amide bonds. The third-order valence-electron chi connectivity index (χ3n) is 2.97. The van der Waals surface area contributed by atoms with E-state index in [1.54, 1.807) is 13.4 Å². The molecule has 7 heteroatoms. The number of ether oxygens (including phenoxy) is 1. The molecule has 2 rings (SSSR count). The van der Waals surface area contributed by atoms with Crippen molar-refractivity contribution in [1.29, 1.82) is 0 Å². The molecule has 0 atom stereocenters. The Morgan fingerprint density at radius 1 is 1.40 bits per heavy atom. The topological polar surface area (TPSA) is 69.8 Å². The lowest BCUT2D eigenvalue weighted by Crippen LogP contribution is -2.21. The van der Waals surface area contributed by atoms with E-state index in [0.717, 1.165) is 18.1 Å². The maximum atomic E-state index is 4.99. The summed E-state index contributed by atoms with van der Waals surface area (Å²) < 4.78 is 8.81. The van der Waals surface area contributed by atoms with Gasteiger partial charge in [0, 0.05) is 25.9 Å². The summed E-state index contributed by atoms with van der Waals surface area (Å²) in [7, 11) is 1.69. The molecule has 0 radical (unpaired) electrons. The average Bonchev–Trinajstić information content (AvgIpc) is 3.05. The maximum absolute atomic E-state index is 4.99. The van der Waals surface area contributed by atoms with Gasteiger partial charge in [0.25, 0.3) is 0 Å². The van der Waals surface area contributed by atoms with E-state index in [2.05, 4.69) is 34.3 Å². The number of aromatic nitrogens is 5. The third-order valence-corrected chi connectivity index (χ3v) is 2.97. The van der Waals surface area contributed by atoms with E-state index < -0.39 is 0 Å². The molecule has 7 nitrogen and oxygen atoms in total. The van der Waals surface area contributed by atoms with Gasteiger partial charge in [0.05, 0.1) is 25.4 Å². The molecule has 0 aromatic carbocycles. The fourth-order valence-corrected chi connectivity index (χ4v) is 1.83. The molecule has 0 aliphatic heterocycles. The lowest BCUT2D eigenvalue weighted by Gasteiger charge is -2.06. The fraction of sp³-hybridized carbons (Fsp3) is 0.615. The zero-order valence-electron chi connectivity index (χ0n) is 12.3. The van der Waals surface area contributed by atoms with Crippen LogP contribution in [0.15, 0.2) is 18.6 Å². The van der Waals surface area contributed by atoms with Crippen LogP contribution in [0.25, 0.3) is 0 Å². The Morgan fingerprint density at radius 2 is 2.25 bits per heavy atom. The van der Waals surface area contributed by atoms with Crippen molar-refractivity contribution in [2.75, 3.05) is 20.3 Å². The Labute approximate surface area is 119 Å². The summed E-state index contributed by atoms with van der Waals surface area (Å²) in [5.41, 5.74) is 0.988. The number of nitrogens with one attached hydrogen (secondary N) is 1. The Morgan fingerprint density at radius 3 is 2.95 bits per heavy atom. The summed E-state index contributed by atoms with van der Waals surface area (Å²) in [6.07, 6.45) is 3.57. The lowest BCUT2D eigenvalue weighted by molar-refractivity contribution is 0.198. The van der Waals surface area contributed by atoms with Crippen molar-refractivity contribution < 1.29 is 4.74 Å². The molecule has 2 heterocycles. The van der Waals surface area contributed by atoms with Gasteiger partial charge in [0.1, 0.15) is 12.2 Å². The van der Waals surface area contributed by atoms with Crippen molar-refractivity contribution >= 4 is 0 Å². The van der Waals surface area contributed by atoms with E-state index in [9.17, 15) is 0 Å². The molecule has 1 N–H and O–H groups in total. The Bertz CT molecular complexity index is 518. The second-order valence-electron chi connectivity index (χ2n) is 4.88. The quantitative estimate of drug-likeness (QED) is 0.725. The summed E-state index contributed by atoms with van der Waals surface area (Å²) >= 11 is 0. The smallest absolute Gasteiger partial charge is 0.141 e. The Hall–Kier alpha value is -1.73. The van der Waals surface area contributed by atoms with Crippen molar-refractivity contribution in [2.45, 2.75) is 33.0 Å². The normalized spacial score (nSPS) is 11.4. The monoisotopic (exact) mass is 278 g/mol. The molecule has 0 bridgehead atoms. The Balaban J connectivity index is 1.93. The molecule has 0 spiro atoms. The third kappa shape index (κ3) is 3.88. The summed E-state index contributed by atoms with van der Waals surface area (Å²) in [4.78, 5) is 4.27. The van der Waals surface area contributed by atoms with Gasteiger partial charge in [-0.25, -0.2) is 9.67 Å². The first kappa shape index (κ1) is 14.7. The molecular formula is C13H22N6O. The number of hydrogen-bond donors (Lipinski definition) is 1. The van der Waals surface area contributed by atoms with Crippen LogP contribution in [0, 0.1) is 0 Å². The molecule has 110 valence electrons. The van der Waals surface area contributed by atoms with Gasteiger partial charge < -0.3 is 10.1 Å². The highest BCUT2D eigenvalue weighted by Crippen LogP contribution is 2.06. The van der Waals surface area contributed by atoms with Crippen molar-refractivity contribution in [2.24, 2.45) is 0 Å². The lowest BCUT2D eigenvalue weighted by atomic mass is 10.4. The van der Waals surface area contributed by atoms with E-state index in [1.807, 2.05) is 21.6 Å². The predicted molar refractivity (Wildman–Crippen MR) is 75.3 cm³/mol. The first-order chi connectivity index (χ1) is 9.70. The standard InChI is InChI=1S/C13H22N6O/c1-11(2)18-6-4-12(17-18)9-19-13(15-10-16-19)8-14-5-7-20-3/h4,6,10-11,14H,5,7-9H2,1-3H3. The highest BCUT2D eigenvalue weighted by atomic mass is 16.5. The van der Waals surface area contributed by atoms with Gasteiger partial charge in [-0.15, -0.1) is 0 Å². The highest BCUT2D eigenvalue weighted by molar-refractivity contribution is 5.01. The number of rotatable bonds is 8. The maximum Gasteiger partial charge on any atom is 0.141 e. The van der Waals surface area contributed by atoms with Crippen LogP contribution < -0.4 is 5.32 Å². The molecule has 0 fully saturated rings. The molecular weight excluding hydrogens is 256 g/mol.